The number of nitrogens with zero attached hydrogens (tertiary/aromatic N) is 4. The van der Waals surface area contributed by atoms with Gasteiger partial charge in [-0.2, -0.15) is 0 Å². The summed E-state index contributed by atoms with van der Waals surface area (Å²) in [4.78, 5) is 8.30. The van der Waals surface area contributed by atoms with Crippen molar-refractivity contribution >= 4 is 0 Å². The molecule has 0 aromatic heterocycles. The molecule has 0 fully saturated rings. The summed E-state index contributed by atoms with van der Waals surface area (Å²) in [7, 11) is 16.1. The first-order valence-electron chi connectivity index (χ1n) is 9.27. The number of hydrogen-bond acceptors (Lipinski definition) is 8. The monoisotopic (exact) mass is 378 g/mol. The molecule has 0 spiro atoms. The van der Waals surface area contributed by atoms with E-state index in [0.717, 1.165) is 26.2 Å². The summed E-state index contributed by atoms with van der Waals surface area (Å²) in [5.41, 5.74) is 0. The minimum absolute atomic E-state index is 0.542. The van der Waals surface area contributed by atoms with Crippen LogP contribution in [-0.4, -0.2) is 141 Å². The van der Waals surface area contributed by atoms with Crippen LogP contribution in [0.1, 0.15) is 0 Å². The normalized spacial score (nSPS) is 12.7. The summed E-state index contributed by atoms with van der Waals surface area (Å²) in [6, 6.07) is 0. The Morgan fingerprint density at radius 1 is 0.423 bits per heavy atom. The second-order valence-electron chi connectivity index (χ2n) is 7.43. The molecule has 0 aliphatic rings. The van der Waals surface area contributed by atoms with E-state index < -0.39 is 12.6 Å². The molecule has 0 aromatic carbocycles. The zero-order chi connectivity index (χ0) is 19.9. The van der Waals surface area contributed by atoms with Crippen molar-refractivity contribution in [2.75, 3.05) is 109 Å². The van der Waals surface area contributed by atoms with E-state index >= 15 is 0 Å². The minimum Gasteiger partial charge on any atom is -0.347 e. The Balaban J connectivity index is 4.72. The van der Waals surface area contributed by atoms with Gasteiger partial charge < -0.3 is 38.5 Å². The van der Waals surface area contributed by atoms with Crippen molar-refractivity contribution in [3.8, 4) is 0 Å². The zero-order valence-electron chi connectivity index (χ0n) is 18.2. The van der Waals surface area contributed by atoms with E-state index in [0.29, 0.717) is 26.4 Å². The van der Waals surface area contributed by atoms with Crippen molar-refractivity contribution in [3.05, 3.63) is 0 Å². The van der Waals surface area contributed by atoms with Crippen LogP contribution >= 0.6 is 0 Å². The third kappa shape index (κ3) is 15.9. The SMILES string of the molecule is CN(C)CCOC(OCCN(C)C)C(OCCN(C)C)OCCN(C)C. The Morgan fingerprint density at radius 2 is 0.615 bits per heavy atom. The third-order valence-corrected chi connectivity index (χ3v) is 3.50. The van der Waals surface area contributed by atoms with Gasteiger partial charge in [0, 0.05) is 26.2 Å². The van der Waals surface area contributed by atoms with Crippen LogP contribution in [-0.2, 0) is 18.9 Å². The van der Waals surface area contributed by atoms with Gasteiger partial charge in [-0.15, -0.1) is 0 Å². The fourth-order valence-corrected chi connectivity index (χ4v) is 1.82. The Morgan fingerprint density at radius 3 is 0.769 bits per heavy atom. The lowest BCUT2D eigenvalue weighted by atomic mass is 10.5. The lowest BCUT2D eigenvalue weighted by Gasteiger charge is -2.29. The fraction of sp³-hybridized carbons (Fsp3) is 1.00. The molecule has 0 atom stereocenters. The average Bonchev–Trinajstić information content (AvgIpc) is 2.50. The van der Waals surface area contributed by atoms with Gasteiger partial charge in [0.05, 0.1) is 26.4 Å². The molecule has 0 aliphatic heterocycles. The number of likely N-dealkylation sites (N-methyl/N-ethyl adjacent to an activating group) is 4. The highest BCUT2D eigenvalue weighted by Crippen LogP contribution is 2.09. The van der Waals surface area contributed by atoms with Gasteiger partial charge in [0.25, 0.3) is 0 Å². The highest BCUT2D eigenvalue weighted by Gasteiger charge is 2.25. The average molecular weight is 379 g/mol. The minimum atomic E-state index is -0.542. The molecule has 0 saturated heterocycles. The molecule has 0 radical (unpaired) electrons. The van der Waals surface area contributed by atoms with Crippen molar-refractivity contribution in [3.63, 3.8) is 0 Å². The second-order valence-corrected chi connectivity index (χ2v) is 7.43. The van der Waals surface area contributed by atoms with E-state index in [1.165, 1.54) is 0 Å². The Labute approximate surface area is 160 Å². The molecule has 8 heteroatoms. The van der Waals surface area contributed by atoms with Gasteiger partial charge in [-0.1, -0.05) is 0 Å². The predicted molar refractivity (Wildman–Crippen MR) is 106 cm³/mol. The van der Waals surface area contributed by atoms with Crippen LogP contribution in [0, 0.1) is 0 Å². The van der Waals surface area contributed by atoms with Gasteiger partial charge in [0.15, 0.2) is 0 Å². The molecule has 0 saturated carbocycles. The molecule has 26 heavy (non-hydrogen) atoms. The first kappa shape index (κ1) is 25.7. The van der Waals surface area contributed by atoms with Gasteiger partial charge in [-0.05, 0) is 56.4 Å². The first-order valence-corrected chi connectivity index (χ1v) is 9.27. The number of rotatable bonds is 17. The van der Waals surface area contributed by atoms with E-state index in [1.807, 2.05) is 56.4 Å². The molecule has 8 nitrogen and oxygen atoms in total. The molecular weight excluding hydrogens is 336 g/mol. The molecule has 0 unspecified atom stereocenters. The maximum Gasteiger partial charge on any atom is 0.209 e. The van der Waals surface area contributed by atoms with Gasteiger partial charge >= 0.3 is 0 Å². The number of ether oxygens (including phenoxy) is 4. The maximum absolute atomic E-state index is 5.95. The van der Waals surface area contributed by atoms with Gasteiger partial charge in [0.1, 0.15) is 0 Å². The van der Waals surface area contributed by atoms with Crippen LogP contribution < -0.4 is 0 Å². The lowest BCUT2D eigenvalue weighted by molar-refractivity contribution is -0.287. The fourth-order valence-electron chi connectivity index (χ4n) is 1.82. The molecule has 0 aliphatic carbocycles. The van der Waals surface area contributed by atoms with Crippen molar-refractivity contribution in [1.82, 2.24) is 19.6 Å². The van der Waals surface area contributed by atoms with Crippen LogP contribution in [0.15, 0.2) is 0 Å². The quantitative estimate of drug-likeness (QED) is 0.327. The van der Waals surface area contributed by atoms with E-state index in [1.54, 1.807) is 0 Å². The van der Waals surface area contributed by atoms with Crippen molar-refractivity contribution in [1.29, 1.82) is 0 Å². The zero-order valence-corrected chi connectivity index (χ0v) is 18.2. The summed E-state index contributed by atoms with van der Waals surface area (Å²) >= 11 is 0. The van der Waals surface area contributed by atoms with E-state index in [4.69, 9.17) is 18.9 Å². The summed E-state index contributed by atoms with van der Waals surface area (Å²) < 4.78 is 23.8. The molecule has 0 rings (SSSR count). The highest BCUT2D eigenvalue weighted by atomic mass is 16.8. The predicted octanol–water partition coefficient (Wildman–Crippen LogP) is -0.0486. The molecule has 0 amide bonds. The van der Waals surface area contributed by atoms with Crippen LogP contribution in [0.2, 0.25) is 0 Å². The topological polar surface area (TPSA) is 49.9 Å². The third-order valence-electron chi connectivity index (χ3n) is 3.50. The second kappa shape index (κ2) is 15.7. The molecule has 158 valence electrons. The van der Waals surface area contributed by atoms with Gasteiger partial charge in [-0.3, -0.25) is 0 Å². The summed E-state index contributed by atoms with van der Waals surface area (Å²) in [5, 5.41) is 0. The summed E-state index contributed by atoms with van der Waals surface area (Å²) in [6.45, 7) is 5.50. The first-order chi connectivity index (χ1) is 12.2. The van der Waals surface area contributed by atoms with Crippen LogP contribution in [0.3, 0.4) is 0 Å². The summed E-state index contributed by atoms with van der Waals surface area (Å²) in [5.74, 6) is 0. The Hall–Kier alpha value is -0.320. The van der Waals surface area contributed by atoms with Crippen LogP contribution in [0.4, 0.5) is 0 Å². The molecule has 0 bridgehead atoms. The highest BCUT2D eigenvalue weighted by molar-refractivity contribution is 4.57. The molecule has 0 aromatic rings. The van der Waals surface area contributed by atoms with Gasteiger partial charge in [0.2, 0.25) is 12.6 Å². The Bertz CT molecular complexity index is 260. The van der Waals surface area contributed by atoms with Crippen LogP contribution in [0.25, 0.3) is 0 Å². The van der Waals surface area contributed by atoms with Crippen LogP contribution in [0.5, 0.6) is 0 Å². The van der Waals surface area contributed by atoms with E-state index in [2.05, 4.69) is 19.6 Å². The molecular formula is C18H42N4O4. The van der Waals surface area contributed by atoms with Gasteiger partial charge in [-0.25, -0.2) is 0 Å². The standard InChI is InChI=1S/C18H42N4O4/c1-19(2)9-13-23-17(24-14-10-20(3)4)18(25-15-11-21(5)6)26-16-12-22(7)8/h17-18H,9-16H2,1-8H3. The summed E-state index contributed by atoms with van der Waals surface area (Å²) in [6.07, 6.45) is -1.08. The maximum atomic E-state index is 5.95. The smallest absolute Gasteiger partial charge is 0.209 e. The Kier molecular flexibility index (Phi) is 15.5. The van der Waals surface area contributed by atoms with E-state index in [-0.39, 0.29) is 0 Å². The van der Waals surface area contributed by atoms with Crippen molar-refractivity contribution in [2.45, 2.75) is 12.6 Å². The molecule has 0 heterocycles. The lowest BCUT2D eigenvalue weighted by Crippen LogP contribution is -2.41. The van der Waals surface area contributed by atoms with Crippen molar-refractivity contribution < 1.29 is 18.9 Å². The van der Waals surface area contributed by atoms with E-state index in [9.17, 15) is 0 Å². The molecule has 0 N–H and O–H groups in total. The largest absolute Gasteiger partial charge is 0.347 e. The van der Waals surface area contributed by atoms with Crippen molar-refractivity contribution in [2.24, 2.45) is 0 Å². The number of hydrogen-bond donors (Lipinski definition) is 0.